The second kappa shape index (κ2) is 7.16. The maximum absolute atomic E-state index is 4.42. The number of fused-ring (bicyclic) bond motifs is 2. The molecule has 0 saturated carbocycles. The average molecular weight is 344 g/mol. The summed E-state index contributed by atoms with van der Waals surface area (Å²) in [5.74, 6) is 0.829. The van der Waals surface area contributed by atoms with Crippen molar-refractivity contribution >= 4 is 21.9 Å². The molecule has 4 aromatic rings. The van der Waals surface area contributed by atoms with Gasteiger partial charge in [0.1, 0.15) is 5.82 Å². The standard InChI is InChI=1S/2C11H12N2/c1-7-4-5-11-10(8(7)2)6-12-9(3)13-11;1-7-4-5-10-11(9(7)3)12-6-8(2)13-10/h2*4-6H,1-3H3. The van der Waals surface area contributed by atoms with Gasteiger partial charge in [0.2, 0.25) is 0 Å². The van der Waals surface area contributed by atoms with E-state index in [9.17, 15) is 0 Å². The number of rotatable bonds is 0. The summed E-state index contributed by atoms with van der Waals surface area (Å²) < 4.78 is 0. The first-order valence-electron chi connectivity index (χ1n) is 8.76. The van der Waals surface area contributed by atoms with Crippen molar-refractivity contribution in [2.24, 2.45) is 0 Å². The molecule has 0 radical (unpaired) electrons. The Bertz CT molecular complexity index is 1010. The minimum atomic E-state index is 0.829. The minimum Gasteiger partial charge on any atom is -0.252 e. The van der Waals surface area contributed by atoms with E-state index in [2.05, 4.69) is 59.8 Å². The third kappa shape index (κ3) is 3.54. The number of hydrogen-bond donors (Lipinski definition) is 0. The van der Waals surface area contributed by atoms with Crippen molar-refractivity contribution in [3.63, 3.8) is 0 Å². The summed E-state index contributed by atoms with van der Waals surface area (Å²) in [5, 5.41) is 1.16. The normalized spacial score (nSPS) is 10.7. The number of aryl methyl sites for hydroxylation is 6. The Labute approximate surface area is 154 Å². The zero-order valence-corrected chi connectivity index (χ0v) is 16.3. The van der Waals surface area contributed by atoms with E-state index in [0.29, 0.717) is 0 Å². The zero-order valence-electron chi connectivity index (χ0n) is 16.3. The highest BCUT2D eigenvalue weighted by Crippen LogP contribution is 2.19. The Morgan fingerprint density at radius 3 is 2.00 bits per heavy atom. The molecule has 0 unspecified atom stereocenters. The molecule has 0 atom stereocenters. The Morgan fingerprint density at radius 1 is 0.615 bits per heavy atom. The first-order chi connectivity index (χ1) is 12.4. The van der Waals surface area contributed by atoms with Crippen LogP contribution in [-0.2, 0) is 0 Å². The van der Waals surface area contributed by atoms with E-state index in [1.807, 2.05) is 38.4 Å². The maximum Gasteiger partial charge on any atom is 0.125 e. The van der Waals surface area contributed by atoms with Crippen LogP contribution in [0.1, 0.15) is 33.8 Å². The molecule has 0 aliphatic carbocycles. The molecule has 0 aliphatic rings. The summed E-state index contributed by atoms with van der Waals surface area (Å²) in [6, 6.07) is 8.26. The highest BCUT2D eigenvalue weighted by atomic mass is 14.9. The molecule has 4 rings (SSSR count). The summed E-state index contributed by atoms with van der Waals surface area (Å²) in [6.07, 6.45) is 3.72. The summed E-state index contributed by atoms with van der Waals surface area (Å²) >= 11 is 0. The SMILES string of the molecule is Cc1cnc2c(C)c(C)ccc2n1.Cc1ncc2c(C)c(C)ccc2n1. The van der Waals surface area contributed by atoms with E-state index >= 15 is 0 Å². The number of nitrogens with zero attached hydrogens (tertiary/aromatic N) is 4. The van der Waals surface area contributed by atoms with Crippen LogP contribution in [0.4, 0.5) is 0 Å². The van der Waals surface area contributed by atoms with E-state index in [1.165, 1.54) is 22.3 Å². The highest BCUT2D eigenvalue weighted by molar-refractivity contribution is 5.82. The van der Waals surface area contributed by atoms with Crippen LogP contribution in [0.2, 0.25) is 0 Å². The Balaban J connectivity index is 0.000000151. The van der Waals surface area contributed by atoms with Crippen molar-refractivity contribution in [1.82, 2.24) is 19.9 Å². The molecule has 2 heterocycles. The van der Waals surface area contributed by atoms with Crippen LogP contribution in [0.15, 0.2) is 36.7 Å². The largest absolute Gasteiger partial charge is 0.252 e. The smallest absolute Gasteiger partial charge is 0.125 e. The van der Waals surface area contributed by atoms with Gasteiger partial charge in [0.25, 0.3) is 0 Å². The number of aromatic nitrogens is 4. The van der Waals surface area contributed by atoms with Crippen LogP contribution < -0.4 is 0 Å². The second-order valence-corrected chi connectivity index (χ2v) is 6.74. The summed E-state index contributed by atoms with van der Waals surface area (Å²) in [4.78, 5) is 17.4. The monoisotopic (exact) mass is 344 g/mol. The van der Waals surface area contributed by atoms with Crippen LogP contribution in [0.3, 0.4) is 0 Å². The van der Waals surface area contributed by atoms with Gasteiger partial charge in [0.05, 0.1) is 22.2 Å². The fourth-order valence-corrected chi connectivity index (χ4v) is 2.86. The first-order valence-corrected chi connectivity index (χ1v) is 8.76. The highest BCUT2D eigenvalue weighted by Gasteiger charge is 2.02. The third-order valence-corrected chi connectivity index (χ3v) is 4.78. The van der Waals surface area contributed by atoms with Crippen LogP contribution in [-0.4, -0.2) is 19.9 Å². The third-order valence-electron chi connectivity index (χ3n) is 4.78. The van der Waals surface area contributed by atoms with Gasteiger partial charge in [0.15, 0.2) is 0 Å². The van der Waals surface area contributed by atoms with Crippen LogP contribution in [0.25, 0.3) is 21.9 Å². The average Bonchev–Trinajstić information content (AvgIpc) is 2.62. The fourth-order valence-electron chi connectivity index (χ4n) is 2.86. The zero-order chi connectivity index (χ0) is 18.8. The van der Waals surface area contributed by atoms with Crippen molar-refractivity contribution in [3.05, 3.63) is 70.4 Å². The maximum atomic E-state index is 4.42. The molecule has 0 saturated heterocycles. The van der Waals surface area contributed by atoms with Crippen molar-refractivity contribution < 1.29 is 0 Å². The van der Waals surface area contributed by atoms with Crippen LogP contribution >= 0.6 is 0 Å². The molecule has 0 aliphatic heterocycles. The van der Waals surface area contributed by atoms with Gasteiger partial charge in [-0.2, -0.15) is 0 Å². The van der Waals surface area contributed by atoms with Gasteiger partial charge < -0.3 is 0 Å². The lowest BCUT2D eigenvalue weighted by Gasteiger charge is -2.04. The van der Waals surface area contributed by atoms with E-state index in [4.69, 9.17) is 0 Å². The van der Waals surface area contributed by atoms with E-state index in [1.54, 1.807) is 0 Å². The lowest BCUT2D eigenvalue weighted by molar-refractivity contribution is 1.09. The molecule has 132 valence electrons. The Kier molecular flexibility index (Phi) is 4.94. The first kappa shape index (κ1) is 17.9. The molecule has 4 nitrogen and oxygen atoms in total. The summed E-state index contributed by atoms with van der Waals surface area (Å²) in [7, 11) is 0. The van der Waals surface area contributed by atoms with Crippen LogP contribution in [0.5, 0.6) is 0 Å². The minimum absolute atomic E-state index is 0.829. The molecule has 0 bridgehead atoms. The summed E-state index contributed by atoms with van der Waals surface area (Å²) in [5.41, 5.74) is 9.08. The number of hydrogen-bond acceptors (Lipinski definition) is 4. The summed E-state index contributed by atoms with van der Waals surface area (Å²) in [6.45, 7) is 12.3. The van der Waals surface area contributed by atoms with E-state index in [-0.39, 0.29) is 0 Å². The van der Waals surface area contributed by atoms with Gasteiger partial charge in [-0.1, -0.05) is 12.1 Å². The van der Waals surface area contributed by atoms with Crippen molar-refractivity contribution in [2.75, 3.05) is 0 Å². The molecule has 0 amide bonds. The lowest BCUT2D eigenvalue weighted by atomic mass is 10.1. The quantitative estimate of drug-likeness (QED) is 0.445. The van der Waals surface area contributed by atoms with Crippen LogP contribution in [0, 0.1) is 41.5 Å². The molecule has 0 spiro atoms. The molecule has 2 aromatic carbocycles. The van der Waals surface area contributed by atoms with Crippen molar-refractivity contribution in [3.8, 4) is 0 Å². The predicted octanol–water partition coefficient (Wildman–Crippen LogP) is 5.11. The molecular weight excluding hydrogens is 320 g/mol. The Morgan fingerprint density at radius 2 is 1.27 bits per heavy atom. The molecule has 4 heteroatoms. The van der Waals surface area contributed by atoms with Crippen molar-refractivity contribution in [1.29, 1.82) is 0 Å². The number of benzene rings is 2. The van der Waals surface area contributed by atoms with Gasteiger partial charge in [-0.3, -0.25) is 4.98 Å². The van der Waals surface area contributed by atoms with E-state index in [0.717, 1.165) is 33.5 Å². The second-order valence-electron chi connectivity index (χ2n) is 6.74. The topological polar surface area (TPSA) is 51.6 Å². The molecule has 2 aromatic heterocycles. The lowest BCUT2D eigenvalue weighted by Crippen LogP contribution is -1.91. The van der Waals surface area contributed by atoms with Gasteiger partial charge in [-0.25, -0.2) is 15.0 Å². The van der Waals surface area contributed by atoms with E-state index < -0.39 is 0 Å². The molecule has 26 heavy (non-hydrogen) atoms. The van der Waals surface area contributed by atoms with Crippen molar-refractivity contribution in [2.45, 2.75) is 41.5 Å². The molecular formula is C22H24N4. The van der Waals surface area contributed by atoms with Gasteiger partial charge >= 0.3 is 0 Å². The fraction of sp³-hybridized carbons (Fsp3) is 0.273. The Hall–Kier alpha value is -2.88. The van der Waals surface area contributed by atoms with Gasteiger partial charge in [-0.15, -0.1) is 0 Å². The van der Waals surface area contributed by atoms with Gasteiger partial charge in [-0.05, 0) is 75.9 Å². The molecule has 0 fully saturated rings. The predicted molar refractivity (Wildman–Crippen MR) is 107 cm³/mol. The molecule has 0 N–H and O–H groups in total. The van der Waals surface area contributed by atoms with Gasteiger partial charge in [0, 0.05) is 17.8 Å².